The van der Waals surface area contributed by atoms with Gasteiger partial charge in [-0.2, -0.15) is 0 Å². The maximum Gasteiger partial charge on any atom is 0.123 e. The molecule has 1 aliphatic rings. The van der Waals surface area contributed by atoms with E-state index in [0.29, 0.717) is 5.92 Å². The molecule has 0 bridgehead atoms. The third-order valence-corrected chi connectivity index (χ3v) is 3.51. The fourth-order valence-electron chi connectivity index (χ4n) is 2.15. The van der Waals surface area contributed by atoms with Crippen LogP contribution >= 0.6 is 0 Å². The van der Waals surface area contributed by atoms with Crippen molar-refractivity contribution in [2.45, 2.75) is 51.0 Å². The van der Waals surface area contributed by atoms with Crippen molar-refractivity contribution in [1.29, 1.82) is 0 Å². The standard InChI is InChI=1S/C14H20FN/c1-10(2)13-4-3-12(15)9-11(13)5-6-14(16)7-8-14/h3-4,9-10H,5-8,16H2,1-2H3. The van der Waals surface area contributed by atoms with Gasteiger partial charge in [-0.15, -0.1) is 0 Å². The molecule has 0 saturated heterocycles. The molecular weight excluding hydrogens is 201 g/mol. The largest absolute Gasteiger partial charge is 0.325 e. The third kappa shape index (κ3) is 2.62. The van der Waals surface area contributed by atoms with Crippen LogP contribution in [-0.2, 0) is 6.42 Å². The predicted octanol–water partition coefficient (Wildman–Crippen LogP) is 3.37. The van der Waals surface area contributed by atoms with Crippen LogP contribution in [0, 0.1) is 5.82 Å². The first-order chi connectivity index (χ1) is 7.50. The monoisotopic (exact) mass is 221 g/mol. The highest BCUT2D eigenvalue weighted by atomic mass is 19.1. The van der Waals surface area contributed by atoms with Gasteiger partial charge in [-0.1, -0.05) is 19.9 Å². The summed E-state index contributed by atoms with van der Waals surface area (Å²) in [6.45, 7) is 4.29. The Morgan fingerprint density at radius 1 is 1.38 bits per heavy atom. The highest BCUT2D eigenvalue weighted by Crippen LogP contribution is 2.37. The Hall–Kier alpha value is -0.890. The fourth-order valence-corrected chi connectivity index (χ4v) is 2.15. The van der Waals surface area contributed by atoms with Gasteiger partial charge in [0.25, 0.3) is 0 Å². The molecule has 2 rings (SSSR count). The number of aryl methyl sites for hydroxylation is 1. The lowest BCUT2D eigenvalue weighted by Gasteiger charge is -2.15. The van der Waals surface area contributed by atoms with Crippen LogP contribution in [0.5, 0.6) is 0 Å². The lowest BCUT2D eigenvalue weighted by Crippen LogP contribution is -2.22. The Morgan fingerprint density at radius 2 is 2.06 bits per heavy atom. The summed E-state index contributed by atoms with van der Waals surface area (Å²) in [5.74, 6) is 0.310. The van der Waals surface area contributed by atoms with Gasteiger partial charge >= 0.3 is 0 Å². The molecule has 0 unspecified atom stereocenters. The summed E-state index contributed by atoms with van der Waals surface area (Å²) in [5, 5.41) is 0. The van der Waals surface area contributed by atoms with Crippen LogP contribution in [0.4, 0.5) is 4.39 Å². The van der Waals surface area contributed by atoms with Crippen molar-refractivity contribution in [3.05, 3.63) is 35.1 Å². The molecular formula is C14H20FN. The van der Waals surface area contributed by atoms with E-state index in [9.17, 15) is 4.39 Å². The first-order valence-corrected chi connectivity index (χ1v) is 6.07. The number of halogens is 1. The van der Waals surface area contributed by atoms with Gasteiger partial charge in [0.1, 0.15) is 5.82 Å². The molecule has 1 nitrogen and oxygen atoms in total. The van der Waals surface area contributed by atoms with Crippen molar-refractivity contribution >= 4 is 0 Å². The van der Waals surface area contributed by atoms with Gasteiger partial charge in [0.05, 0.1) is 0 Å². The highest BCUT2D eigenvalue weighted by molar-refractivity contribution is 5.31. The predicted molar refractivity (Wildman–Crippen MR) is 65.0 cm³/mol. The minimum absolute atomic E-state index is 0.0561. The number of hydrogen-bond donors (Lipinski definition) is 1. The van der Waals surface area contributed by atoms with Gasteiger partial charge in [-0.3, -0.25) is 0 Å². The van der Waals surface area contributed by atoms with E-state index in [2.05, 4.69) is 13.8 Å². The van der Waals surface area contributed by atoms with E-state index in [1.165, 1.54) is 5.56 Å². The fraction of sp³-hybridized carbons (Fsp3) is 0.571. The molecule has 0 spiro atoms. The van der Waals surface area contributed by atoms with Crippen LogP contribution in [0.1, 0.15) is 50.2 Å². The van der Waals surface area contributed by atoms with Gasteiger partial charge in [-0.05, 0) is 54.9 Å². The smallest absolute Gasteiger partial charge is 0.123 e. The lowest BCUT2D eigenvalue weighted by atomic mass is 9.93. The minimum atomic E-state index is -0.138. The van der Waals surface area contributed by atoms with E-state index in [1.807, 2.05) is 6.07 Å². The summed E-state index contributed by atoms with van der Waals surface area (Å²) in [5.41, 5.74) is 8.51. The maximum absolute atomic E-state index is 13.2. The number of nitrogens with two attached hydrogens (primary N) is 1. The van der Waals surface area contributed by atoms with E-state index in [1.54, 1.807) is 12.1 Å². The third-order valence-electron chi connectivity index (χ3n) is 3.51. The molecule has 16 heavy (non-hydrogen) atoms. The summed E-state index contributed by atoms with van der Waals surface area (Å²) in [6, 6.07) is 5.13. The summed E-state index contributed by atoms with van der Waals surface area (Å²) in [7, 11) is 0. The molecule has 0 heterocycles. The van der Waals surface area contributed by atoms with Crippen LogP contribution in [0.25, 0.3) is 0 Å². The number of hydrogen-bond acceptors (Lipinski definition) is 1. The Bertz CT molecular complexity index is 380. The Kier molecular flexibility index (Phi) is 3.02. The van der Waals surface area contributed by atoms with Gasteiger partial charge in [0.15, 0.2) is 0 Å². The number of rotatable bonds is 4. The lowest BCUT2D eigenvalue weighted by molar-refractivity contribution is 0.594. The first kappa shape index (κ1) is 11.6. The minimum Gasteiger partial charge on any atom is -0.325 e. The van der Waals surface area contributed by atoms with E-state index in [-0.39, 0.29) is 11.4 Å². The van der Waals surface area contributed by atoms with Crippen molar-refractivity contribution in [3.63, 3.8) is 0 Å². The Morgan fingerprint density at radius 3 is 2.62 bits per heavy atom. The van der Waals surface area contributed by atoms with Crippen molar-refractivity contribution in [2.24, 2.45) is 5.73 Å². The van der Waals surface area contributed by atoms with Crippen LogP contribution in [0.3, 0.4) is 0 Å². The molecule has 88 valence electrons. The molecule has 1 aromatic rings. The second kappa shape index (κ2) is 4.17. The van der Waals surface area contributed by atoms with Crippen LogP contribution in [0.15, 0.2) is 18.2 Å². The van der Waals surface area contributed by atoms with Gasteiger partial charge in [-0.25, -0.2) is 4.39 Å². The average molecular weight is 221 g/mol. The molecule has 0 radical (unpaired) electrons. The summed E-state index contributed by atoms with van der Waals surface area (Å²) >= 11 is 0. The second-order valence-electron chi connectivity index (χ2n) is 5.36. The number of benzene rings is 1. The Labute approximate surface area is 96.9 Å². The van der Waals surface area contributed by atoms with Gasteiger partial charge in [0, 0.05) is 5.54 Å². The maximum atomic E-state index is 13.2. The van der Waals surface area contributed by atoms with Gasteiger partial charge < -0.3 is 5.73 Å². The zero-order chi connectivity index (χ0) is 11.8. The van der Waals surface area contributed by atoms with E-state index in [0.717, 1.165) is 31.2 Å². The van der Waals surface area contributed by atoms with Crippen LogP contribution in [0.2, 0.25) is 0 Å². The zero-order valence-electron chi connectivity index (χ0n) is 10.1. The summed E-state index contributed by atoms with van der Waals surface area (Å²) in [4.78, 5) is 0. The molecule has 0 aromatic heterocycles. The molecule has 2 heteroatoms. The van der Waals surface area contributed by atoms with E-state index < -0.39 is 0 Å². The molecule has 1 aromatic carbocycles. The van der Waals surface area contributed by atoms with Crippen molar-refractivity contribution < 1.29 is 4.39 Å². The molecule has 1 saturated carbocycles. The summed E-state index contributed by atoms with van der Waals surface area (Å²) in [6.07, 6.45) is 4.14. The molecule has 1 fully saturated rings. The van der Waals surface area contributed by atoms with Crippen LogP contribution in [-0.4, -0.2) is 5.54 Å². The normalized spacial score (nSPS) is 17.8. The second-order valence-corrected chi connectivity index (χ2v) is 5.36. The molecule has 2 N–H and O–H groups in total. The Balaban J connectivity index is 2.13. The molecule has 0 amide bonds. The van der Waals surface area contributed by atoms with E-state index >= 15 is 0 Å². The molecule has 1 aliphatic carbocycles. The van der Waals surface area contributed by atoms with Crippen LogP contribution < -0.4 is 5.73 Å². The summed E-state index contributed by atoms with van der Waals surface area (Å²) < 4.78 is 13.2. The zero-order valence-corrected chi connectivity index (χ0v) is 10.1. The van der Waals surface area contributed by atoms with E-state index in [4.69, 9.17) is 5.73 Å². The average Bonchev–Trinajstić information content (AvgIpc) is 2.94. The van der Waals surface area contributed by atoms with Crippen molar-refractivity contribution in [3.8, 4) is 0 Å². The highest BCUT2D eigenvalue weighted by Gasteiger charge is 2.37. The molecule has 0 aliphatic heterocycles. The first-order valence-electron chi connectivity index (χ1n) is 6.07. The topological polar surface area (TPSA) is 26.0 Å². The molecule has 0 atom stereocenters. The quantitative estimate of drug-likeness (QED) is 0.828. The SMILES string of the molecule is CC(C)c1ccc(F)cc1CCC1(N)CC1. The van der Waals surface area contributed by atoms with Crippen molar-refractivity contribution in [2.75, 3.05) is 0 Å². The van der Waals surface area contributed by atoms with Gasteiger partial charge in [0.2, 0.25) is 0 Å². The van der Waals surface area contributed by atoms with Crippen molar-refractivity contribution in [1.82, 2.24) is 0 Å².